The van der Waals surface area contributed by atoms with E-state index in [-0.39, 0.29) is 11.1 Å². The van der Waals surface area contributed by atoms with E-state index >= 15 is 0 Å². The number of hydrogen-bond donors (Lipinski definition) is 0. The lowest BCUT2D eigenvalue weighted by atomic mass is 10.1. The average Bonchev–Trinajstić information content (AvgIpc) is 2.60. The molecule has 0 bridgehead atoms. The van der Waals surface area contributed by atoms with Crippen molar-refractivity contribution in [2.75, 3.05) is 0 Å². The topological polar surface area (TPSA) is 130 Å². The highest BCUT2D eigenvalue weighted by Gasteiger charge is 2.21. The smallest absolute Gasteiger partial charge is 0.378 e. The molecule has 166 valence electrons. The van der Waals surface area contributed by atoms with Gasteiger partial charge in [-0.05, 0) is 40.6 Å². The molecule has 0 atom stereocenters. The molecular formula is C17H12Cl2O9S3. The van der Waals surface area contributed by atoms with E-state index in [0.717, 1.165) is 12.1 Å². The molecule has 0 saturated carbocycles. The van der Waals surface area contributed by atoms with Gasteiger partial charge in [-0.15, -0.1) is 0 Å². The van der Waals surface area contributed by atoms with Crippen LogP contribution in [-0.2, 0) is 34.5 Å². The quantitative estimate of drug-likeness (QED) is 0.319. The average molecular weight is 527 g/mol. The maximum absolute atomic E-state index is 12.5. The van der Waals surface area contributed by atoms with Gasteiger partial charge in [0.1, 0.15) is 11.5 Å². The van der Waals surface area contributed by atoms with Crippen LogP contribution in [0.15, 0.2) is 60.7 Å². The van der Waals surface area contributed by atoms with E-state index in [2.05, 4.69) is 8.37 Å². The van der Waals surface area contributed by atoms with Gasteiger partial charge in [-0.3, -0.25) is 0 Å². The van der Waals surface area contributed by atoms with Crippen molar-refractivity contribution in [3.63, 3.8) is 0 Å². The fourth-order valence-corrected chi connectivity index (χ4v) is 4.75. The zero-order valence-electron chi connectivity index (χ0n) is 15.1. The summed E-state index contributed by atoms with van der Waals surface area (Å²) in [6.45, 7) is 0. The summed E-state index contributed by atoms with van der Waals surface area (Å²) in [6, 6.07) is 14.2. The molecule has 0 saturated heterocycles. The van der Waals surface area contributed by atoms with Crippen LogP contribution < -0.4 is 12.5 Å². The predicted octanol–water partition coefficient (Wildman–Crippen LogP) is 3.47. The summed E-state index contributed by atoms with van der Waals surface area (Å²) in [5.74, 6) is -1.65. The van der Waals surface area contributed by atoms with Crippen LogP contribution in [0.4, 0.5) is 0 Å². The highest BCUT2D eigenvalue weighted by molar-refractivity contribution is 8.10. The van der Waals surface area contributed by atoms with Crippen molar-refractivity contribution in [2.24, 2.45) is 0 Å². The van der Waals surface area contributed by atoms with E-state index < -0.39 is 46.0 Å². The molecule has 3 aromatic rings. The Bertz CT molecular complexity index is 1440. The fourth-order valence-electron chi connectivity index (χ4n) is 2.58. The second-order valence-corrected chi connectivity index (χ2v) is 11.8. The molecule has 14 heteroatoms. The molecule has 0 aliphatic heterocycles. The summed E-state index contributed by atoms with van der Waals surface area (Å²) < 4.78 is 84.3. The molecule has 31 heavy (non-hydrogen) atoms. The summed E-state index contributed by atoms with van der Waals surface area (Å²) in [7, 11) is -2.92. The summed E-state index contributed by atoms with van der Waals surface area (Å²) in [6.07, 6.45) is 0. The second kappa shape index (κ2) is 8.71. The minimum Gasteiger partial charge on any atom is -0.378 e. The highest BCUT2D eigenvalue weighted by atomic mass is 35.7. The molecule has 3 aromatic carbocycles. The molecule has 0 aliphatic rings. The first-order chi connectivity index (χ1) is 14.3. The van der Waals surface area contributed by atoms with Gasteiger partial charge in [-0.1, -0.05) is 36.4 Å². The van der Waals surface area contributed by atoms with Crippen LogP contribution in [0, 0.1) is 0 Å². The minimum absolute atomic E-state index is 0.167. The number of hydrogen-bond acceptors (Lipinski definition) is 9. The zero-order valence-corrected chi connectivity index (χ0v) is 19.1. The van der Waals surface area contributed by atoms with Crippen LogP contribution in [0.25, 0.3) is 10.8 Å². The van der Waals surface area contributed by atoms with Gasteiger partial charge in [0.25, 0.3) is 0 Å². The molecule has 0 fully saturated rings. The molecule has 0 amide bonds. The van der Waals surface area contributed by atoms with Gasteiger partial charge in [0.2, 0.25) is 0 Å². The monoisotopic (exact) mass is 526 g/mol. The standard InChI is InChI=1S/C17H12Cl2O9S3/c18-30(22,23)26-15-7-6-13-9-17(28-31(19,24)25)16(10-14(13)8-15)27-29(20,21)11-12-4-2-1-3-5-12/h1-10H,11H2. The van der Waals surface area contributed by atoms with Gasteiger partial charge in [0, 0.05) is 0 Å². The molecule has 0 N–H and O–H groups in total. The van der Waals surface area contributed by atoms with Crippen molar-refractivity contribution < 1.29 is 37.8 Å². The van der Waals surface area contributed by atoms with Gasteiger partial charge in [0.05, 0.1) is 21.4 Å². The third-order valence-corrected chi connectivity index (χ3v) is 5.93. The van der Waals surface area contributed by atoms with Crippen LogP contribution in [0.5, 0.6) is 17.2 Å². The lowest BCUT2D eigenvalue weighted by Gasteiger charge is -2.13. The first-order valence-electron chi connectivity index (χ1n) is 8.12. The Morgan fingerprint density at radius 2 is 1.23 bits per heavy atom. The number of benzene rings is 3. The zero-order chi connectivity index (χ0) is 22.9. The minimum atomic E-state index is -4.54. The van der Waals surface area contributed by atoms with Gasteiger partial charge >= 0.3 is 28.8 Å². The number of rotatable bonds is 8. The largest absolute Gasteiger partial charge is 0.401 e. The van der Waals surface area contributed by atoms with E-state index in [9.17, 15) is 25.3 Å². The van der Waals surface area contributed by atoms with Crippen molar-refractivity contribution in [3.05, 3.63) is 66.2 Å². The Labute approximate surface area is 187 Å². The normalized spacial score (nSPS) is 12.5. The van der Waals surface area contributed by atoms with E-state index in [4.69, 9.17) is 25.5 Å². The Balaban J connectivity index is 2.05. The predicted molar refractivity (Wildman–Crippen MR) is 114 cm³/mol. The van der Waals surface area contributed by atoms with Crippen LogP contribution in [0.1, 0.15) is 5.56 Å². The molecule has 0 radical (unpaired) electrons. The molecule has 0 aliphatic carbocycles. The Hall–Kier alpha value is -2.25. The van der Waals surface area contributed by atoms with E-state index in [1.54, 1.807) is 30.3 Å². The Morgan fingerprint density at radius 3 is 1.84 bits per heavy atom. The van der Waals surface area contributed by atoms with Crippen LogP contribution >= 0.6 is 21.4 Å². The fraction of sp³-hybridized carbons (Fsp3) is 0.0588. The lowest BCUT2D eigenvalue weighted by molar-refractivity contribution is 0.456. The highest BCUT2D eigenvalue weighted by Crippen LogP contribution is 2.37. The first kappa shape index (κ1) is 23.4. The van der Waals surface area contributed by atoms with E-state index in [1.807, 2.05) is 0 Å². The Kier molecular flexibility index (Phi) is 6.58. The van der Waals surface area contributed by atoms with Crippen LogP contribution in [0.2, 0.25) is 0 Å². The lowest BCUT2D eigenvalue weighted by Crippen LogP contribution is -2.13. The summed E-state index contributed by atoms with van der Waals surface area (Å²) >= 11 is 0. The Morgan fingerprint density at radius 1 is 0.645 bits per heavy atom. The van der Waals surface area contributed by atoms with Crippen LogP contribution in [-0.4, -0.2) is 25.3 Å². The van der Waals surface area contributed by atoms with Gasteiger partial charge in [-0.25, -0.2) is 0 Å². The molecule has 0 unspecified atom stereocenters. The van der Waals surface area contributed by atoms with Crippen molar-refractivity contribution in [2.45, 2.75) is 5.75 Å². The second-order valence-electron chi connectivity index (χ2n) is 6.03. The third-order valence-electron chi connectivity index (χ3n) is 3.66. The summed E-state index contributed by atoms with van der Waals surface area (Å²) in [5.41, 5.74) is 0.429. The van der Waals surface area contributed by atoms with Crippen molar-refractivity contribution in [1.29, 1.82) is 0 Å². The molecule has 0 heterocycles. The third kappa shape index (κ3) is 7.14. The van der Waals surface area contributed by atoms with Gasteiger partial charge in [-0.2, -0.15) is 25.3 Å². The molecular weight excluding hydrogens is 515 g/mol. The first-order valence-corrected chi connectivity index (χ1v) is 14.2. The molecule has 3 rings (SSSR count). The van der Waals surface area contributed by atoms with Gasteiger partial charge in [0.15, 0.2) is 11.5 Å². The molecule has 0 spiro atoms. The van der Waals surface area contributed by atoms with Gasteiger partial charge < -0.3 is 12.5 Å². The van der Waals surface area contributed by atoms with Crippen molar-refractivity contribution >= 4 is 60.9 Å². The summed E-state index contributed by atoms with van der Waals surface area (Å²) in [5, 5.41) is 0.574. The van der Waals surface area contributed by atoms with E-state index in [1.165, 1.54) is 18.2 Å². The molecule has 9 nitrogen and oxygen atoms in total. The van der Waals surface area contributed by atoms with Crippen molar-refractivity contribution in [3.8, 4) is 17.2 Å². The van der Waals surface area contributed by atoms with E-state index in [0.29, 0.717) is 10.9 Å². The van der Waals surface area contributed by atoms with Crippen molar-refractivity contribution in [1.82, 2.24) is 0 Å². The van der Waals surface area contributed by atoms with Crippen LogP contribution in [0.3, 0.4) is 0 Å². The number of fused-ring (bicyclic) bond motifs is 1. The summed E-state index contributed by atoms with van der Waals surface area (Å²) in [4.78, 5) is 0. The SMILES string of the molecule is O=S(=O)(Cl)Oc1ccc2cc(OS(=O)(=O)Cl)c(OS(=O)(=O)Cc3ccccc3)cc2c1. The number of halogens is 2. The maximum Gasteiger partial charge on any atom is 0.401 e. The maximum atomic E-state index is 12.5. The molecule has 0 aromatic heterocycles.